The highest BCUT2D eigenvalue weighted by Gasteiger charge is 2.23. The lowest BCUT2D eigenvalue weighted by atomic mass is 10.0. The van der Waals surface area contributed by atoms with Crippen LogP contribution >= 0.6 is 24.8 Å². The first-order valence-corrected chi connectivity index (χ1v) is 5.88. The van der Waals surface area contributed by atoms with Crippen LogP contribution in [0, 0.1) is 5.95 Å². The monoisotopic (exact) mass is 295 g/mol. The maximum absolute atomic E-state index is 13.6. The molecular formula is C12H20Cl2FN3. The highest BCUT2D eigenvalue weighted by Crippen LogP contribution is 2.25. The van der Waals surface area contributed by atoms with Gasteiger partial charge in [-0.1, -0.05) is 13.0 Å². The van der Waals surface area contributed by atoms with E-state index in [2.05, 4.69) is 22.1 Å². The molecule has 1 aromatic heterocycles. The number of halogens is 3. The average Bonchev–Trinajstić information content (AvgIpc) is 2.34. The molecule has 1 aliphatic heterocycles. The zero-order chi connectivity index (χ0) is 11.4. The van der Waals surface area contributed by atoms with Crippen molar-refractivity contribution in [3.8, 4) is 0 Å². The van der Waals surface area contributed by atoms with Crippen molar-refractivity contribution >= 4 is 24.8 Å². The molecule has 2 heterocycles. The number of nitrogens with one attached hydrogen (secondary N) is 1. The number of nitrogens with zero attached hydrogens (tertiary/aromatic N) is 2. The Labute approximate surface area is 120 Å². The maximum Gasteiger partial charge on any atom is 0.217 e. The molecule has 1 aromatic rings. The van der Waals surface area contributed by atoms with Crippen molar-refractivity contribution < 1.29 is 4.39 Å². The molecule has 0 amide bonds. The Morgan fingerprint density at radius 2 is 2.06 bits per heavy atom. The number of hydrogen-bond donors (Lipinski definition) is 1. The SMILES string of the molecule is CC[C@@H](c1cccnc1F)N1CCNCC1.Cl.Cl. The largest absolute Gasteiger partial charge is 0.314 e. The van der Waals surface area contributed by atoms with Crippen LogP contribution in [0.2, 0.25) is 0 Å². The van der Waals surface area contributed by atoms with Gasteiger partial charge in [-0.2, -0.15) is 4.39 Å². The van der Waals surface area contributed by atoms with Gasteiger partial charge in [0.15, 0.2) is 0 Å². The Kier molecular flexibility index (Phi) is 8.44. The van der Waals surface area contributed by atoms with Crippen LogP contribution in [0.4, 0.5) is 4.39 Å². The Morgan fingerprint density at radius 3 is 2.61 bits per heavy atom. The summed E-state index contributed by atoms with van der Waals surface area (Å²) in [5.74, 6) is -0.326. The maximum atomic E-state index is 13.6. The molecule has 3 nitrogen and oxygen atoms in total. The van der Waals surface area contributed by atoms with Gasteiger partial charge in [-0.05, 0) is 12.5 Å². The lowest BCUT2D eigenvalue weighted by molar-refractivity contribution is 0.165. The molecule has 1 aliphatic rings. The minimum absolute atomic E-state index is 0. The Morgan fingerprint density at radius 1 is 1.39 bits per heavy atom. The van der Waals surface area contributed by atoms with Gasteiger partial charge in [0.05, 0.1) is 0 Å². The Bertz CT molecular complexity index is 346. The molecule has 0 spiro atoms. The van der Waals surface area contributed by atoms with E-state index in [1.807, 2.05) is 12.1 Å². The van der Waals surface area contributed by atoms with Crippen molar-refractivity contribution in [1.29, 1.82) is 0 Å². The van der Waals surface area contributed by atoms with Gasteiger partial charge in [0, 0.05) is 44.0 Å². The van der Waals surface area contributed by atoms with Gasteiger partial charge in [-0.15, -0.1) is 24.8 Å². The molecule has 1 N–H and O–H groups in total. The molecule has 1 saturated heterocycles. The molecule has 0 saturated carbocycles. The molecule has 0 radical (unpaired) electrons. The van der Waals surface area contributed by atoms with Gasteiger partial charge in [-0.25, -0.2) is 4.98 Å². The number of pyridine rings is 1. The standard InChI is InChI=1S/C12H18FN3.2ClH/c1-2-11(16-8-6-14-7-9-16)10-4-3-5-15-12(10)13;;/h3-5,11,14H,2,6-9H2,1H3;2*1H/t11-;;/m0../s1. The van der Waals surface area contributed by atoms with Crippen LogP contribution in [0.5, 0.6) is 0 Å². The van der Waals surface area contributed by atoms with E-state index in [1.54, 1.807) is 0 Å². The molecule has 0 unspecified atom stereocenters. The number of rotatable bonds is 3. The van der Waals surface area contributed by atoms with Crippen LogP contribution in [0.1, 0.15) is 24.9 Å². The van der Waals surface area contributed by atoms with Crippen molar-refractivity contribution in [1.82, 2.24) is 15.2 Å². The highest BCUT2D eigenvalue weighted by atomic mass is 35.5. The molecular weight excluding hydrogens is 276 g/mol. The Balaban J connectivity index is 0.00000144. The quantitative estimate of drug-likeness (QED) is 0.868. The van der Waals surface area contributed by atoms with E-state index >= 15 is 0 Å². The third-order valence-corrected chi connectivity index (χ3v) is 3.13. The van der Waals surface area contributed by atoms with Crippen LogP contribution < -0.4 is 5.32 Å². The summed E-state index contributed by atoms with van der Waals surface area (Å²) >= 11 is 0. The number of piperazine rings is 1. The third kappa shape index (κ3) is 4.05. The number of aromatic nitrogens is 1. The first-order chi connectivity index (χ1) is 7.83. The van der Waals surface area contributed by atoms with Gasteiger partial charge >= 0.3 is 0 Å². The van der Waals surface area contributed by atoms with Crippen LogP contribution in [0.15, 0.2) is 18.3 Å². The highest BCUT2D eigenvalue weighted by molar-refractivity contribution is 5.85. The third-order valence-electron chi connectivity index (χ3n) is 3.13. The summed E-state index contributed by atoms with van der Waals surface area (Å²) < 4.78 is 13.6. The van der Waals surface area contributed by atoms with Gasteiger partial charge in [0.1, 0.15) is 0 Å². The second-order valence-corrected chi connectivity index (χ2v) is 4.09. The normalized spacial score (nSPS) is 17.4. The van der Waals surface area contributed by atoms with E-state index in [0.29, 0.717) is 0 Å². The first kappa shape index (κ1) is 17.6. The lowest BCUT2D eigenvalue weighted by Crippen LogP contribution is -2.45. The van der Waals surface area contributed by atoms with Crippen molar-refractivity contribution in [3.63, 3.8) is 0 Å². The minimum Gasteiger partial charge on any atom is -0.314 e. The van der Waals surface area contributed by atoms with Gasteiger partial charge in [0.25, 0.3) is 0 Å². The molecule has 18 heavy (non-hydrogen) atoms. The van der Waals surface area contributed by atoms with E-state index in [0.717, 1.165) is 38.2 Å². The smallest absolute Gasteiger partial charge is 0.217 e. The van der Waals surface area contributed by atoms with Gasteiger partial charge in [-0.3, -0.25) is 4.90 Å². The molecule has 2 rings (SSSR count). The summed E-state index contributed by atoms with van der Waals surface area (Å²) in [5.41, 5.74) is 0.729. The number of hydrogen-bond acceptors (Lipinski definition) is 3. The fourth-order valence-corrected chi connectivity index (χ4v) is 2.32. The van der Waals surface area contributed by atoms with Crippen molar-refractivity contribution in [3.05, 3.63) is 29.8 Å². The topological polar surface area (TPSA) is 28.2 Å². The van der Waals surface area contributed by atoms with Gasteiger partial charge < -0.3 is 5.32 Å². The molecule has 0 aromatic carbocycles. The van der Waals surface area contributed by atoms with E-state index in [4.69, 9.17) is 0 Å². The van der Waals surface area contributed by atoms with Crippen LogP contribution in [0.25, 0.3) is 0 Å². The van der Waals surface area contributed by atoms with Crippen LogP contribution in [-0.4, -0.2) is 36.1 Å². The van der Waals surface area contributed by atoms with Crippen molar-refractivity contribution in [2.24, 2.45) is 0 Å². The lowest BCUT2D eigenvalue weighted by Gasteiger charge is -2.34. The molecule has 0 aliphatic carbocycles. The van der Waals surface area contributed by atoms with E-state index in [-0.39, 0.29) is 36.8 Å². The average molecular weight is 296 g/mol. The van der Waals surface area contributed by atoms with E-state index in [9.17, 15) is 4.39 Å². The van der Waals surface area contributed by atoms with E-state index in [1.165, 1.54) is 6.20 Å². The van der Waals surface area contributed by atoms with Crippen molar-refractivity contribution in [2.45, 2.75) is 19.4 Å². The summed E-state index contributed by atoms with van der Waals surface area (Å²) in [6, 6.07) is 3.82. The summed E-state index contributed by atoms with van der Waals surface area (Å²) in [4.78, 5) is 6.06. The summed E-state index contributed by atoms with van der Waals surface area (Å²) in [6.07, 6.45) is 2.42. The van der Waals surface area contributed by atoms with E-state index < -0.39 is 0 Å². The fraction of sp³-hybridized carbons (Fsp3) is 0.583. The second kappa shape index (κ2) is 8.64. The molecule has 104 valence electrons. The zero-order valence-electron chi connectivity index (χ0n) is 10.4. The molecule has 6 heteroatoms. The van der Waals surface area contributed by atoms with Crippen LogP contribution in [0.3, 0.4) is 0 Å². The molecule has 1 atom stereocenters. The summed E-state index contributed by atoms with van der Waals surface area (Å²) in [7, 11) is 0. The molecule has 1 fully saturated rings. The fourth-order valence-electron chi connectivity index (χ4n) is 2.32. The van der Waals surface area contributed by atoms with Gasteiger partial charge in [0.2, 0.25) is 5.95 Å². The molecule has 0 bridgehead atoms. The first-order valence-electron chi connectivity index (χ1n) is 5.88. The summed E-state index contributed by atoms with van der Waals surface area (Å²) in [6.45, 7) is 6.02. The summed E-state index contributed by atoms with van der Waals surface area (Å²) in [5, 5.41) is 3.31. The van der Waals surface area contributed by atoms with Crippen LogP contribution in [-0.2, 0) is 0 Å². The second-order valence-electron chi connectivity index (χ2n) is 4.09. The predicted molar refractivity (Wildman–Crippen MR) is 76.2 cm³/mol. The zero-order valence-corrected chi connectivity index (χ0v) is 12.1. The minimum atomic E-state index is -0.326. The predicted octanol–water partition coefficient (Wildman–Crippen LogP) is 2.42. The Hall–Kier alpha value is -0.420. The van der Waals surface area contributed by atoms with Crippen molar-refractivity contribution in [2.75, 3.05) is 26.2 Å².